The number of aromatic nitrogens is 6. The van der Waals surface area contributed by atoms with E-state index in [2.05, 4.69) is 25.0 Å². The van der Waals surface area contributed by atoms with E-state index < -0.39 is 0 Å². The van der Waals surface area contributed by atoms with Gasteiger partial charge in [0.05, 0.1) is 18.6 Å². The Balaban J connectivity index is 2.52. The lowest BCUT2D eigenvalue weighted by Crippen LogP contribution is -2.01. The van der Waals surface area contributed by atoms with Gasteiger partial charge >= 0.3 is 0 Å². The summed E-state index contributed by atoms with van der Waals surface area (Å²) in [5.74, 6) is 1.12. The molecule has 13 heavy (non-hydrogen) atoms. The summed E-state index contributed by atoms with van der Waals surface area (Å²) in [5, 5.41) is 4.03. The molecule has 0 amide bonds. The molecule has 0 radical (unpaired) electrons. The third-order valence-electron chi connectivity index (χ3n) is 1.71. The average molecular weight is 172 g/mol. The topological polar surface area (TPSA) is 68.9 Å². The van der Waals surface area contributed by atoms with E-state index in [0.717, 1.165) is 5.69 Å². The quantitative estimate of drug-likeness (QED) is 0.478. The van der Waals surface area contributed by atoms with Gasteiger partial charge in [-0.15, -0.1) is 0 Å². The van der Waals surface area contributed by atoms with Crippen molar-refractivity contribution in [1.82, 2.24) is 29.5 Å². The van der Waals surface area contributed by atoms with Crippen molar-refractivity contribution in [3.63, 3.8) is 0 Å². The second-order valence-electron chi connectivity index (χ2n) is 2.51. The van der Waals surface area contributed by atoms with Gasteiger partial charge in [-0.2, -0.15) is 10.1 Å². The highest BCUT2D eigenvalue weighted by Gasteiger charge is 2.08. The number of nitrogens with zero attached hydrogens (tertiary/aromatic N) is 6. The zero-order chi connectivity index (χ0) is 8.67. The van der Waals surface area contributed by atoms with Crippen molar-refractivity contribution in [3.05, 3.63) is 24.9 Å². The van der Waals surface area contributed by atoms with Crippen LogP contribution in [0.25, 0.3) is 17.3 Å². The number of fused-ring (bicyclic) bond motifs is 2. The predicted molar refractivity (Wildman–Crippen MR) is 43.0 cm³/mol. The number of hydrogen-bond acceptors (Lipinski definition) is 5. The van der Waals surface area contributed by atoms with Crippen LogP contribution in [-0.4, -0.2) is 29.5 Å². The molecule has 3 rings (SSSR count). The first-order valence-corrected chi connectivity index (χ1v) is 3.70. The fraction of sp³-hybridized carbons (Fsp3) is 0. The average Bonchev–Trinajstić information content (AvgIpc) is 2.61. The van der Waals surface area contributed by atoms with Crippen LogP contribution in [0.5, 0.6) is 0 Å². The van der Waals surface area contributed by atoms with Crippen LogP contribution in [0.1, 0.15) is 0 Å². The Hall–Kier alpha value is -2.11. The smallest absolute Gasteiger partial charge is 0.231 e. The second-order valence-corrected chi connectivity index (χ2v) is 2.51. The summed E-state index contributed by atoms with van der Waals surface area (Å²) >= 11 is 0. The van der Waals surface area contributed by atoms with E-state index in [4.69, 9.17) is 0 Å². The van der Waals surface area contributed by atoms with Gasteiger partial charge in [0.1, 0.15) is 12.0 Å². The Morgan fingerprint density at radius 3 is 3.08 bits per heavy atom. The lowest BCUT2D eigenvalue weighted by Gasteiger charge is -1.98. The Morgan fingerprint density at radius 2 is 2.08 bits per heavy atom. The van der Waals surface area contributed by atoms with Crippen molar-refractivity contribution in [2.75, 3.05) is 0 Å². The zero-order valence-electron chi connectivity index (χ0n) is 6.49. The largest absolute Gasteiger partial charge is 0.252 e. The number of rotatable bonds is 0. The third kappa shape index (κ3) is 0.851. The fourth-order valence-corrected chi connectivity index (χ4v) is 1.14. The molecular weight excluding hydrogens is 168 g/mol. The molecule has 3 heterocycles. The molecule has 0 N–H and O–H groups in total. The van der Waals surface area contributed by atoms with Crippen LogP contribution in [0.2, 0.25) is 0 Å². The Labute approximate surface area is 72.7 Å². The van der Waals surface area contributed by atoms with Crippen molar-refractivity contribution in [2.24, 2.45) is 0 Å². The normalized spacial score (nSPS) is 11.1. The number of imidazole rings is 1. The molecule has 6 nitrogen and oxygen atoms in total. The molecule has 0 aromatic carbocycles. The summed E-state index contributed by atoms with van der Waals surface area (Å²) in [7, 11) is 0. The van der Waals surface area contributed by atoms with Crippen LogP contribution < -0.4 is 0 Å². The van der Waals surface area contributed by atoms with E-state index in [1.807, 2.05) is 0 Å². The van der Waals surface area contributed by atoms with E-state index in [9.17, 15) is 0 Å². The summed E-state index contributed by atoms with van der Waals surface area (Å²) in [5.41, 5.74) is 0.720. The highest BCUT2D eigenvalue weighted by atomic mass is 15.3. The maximum atomic E-state index is 4.15. The summed E-state index contributed by atoms with van der Waals surface area (Å²) < 4.78 is 1.57. The Kier molecular flexibility index (Phi) is 1.08. The van der Waals surface area contributed by atoms with Crippen LogP contribution in [0, 0.1) is 0 Å². The molecule has 6 heteroatoms. The van der Waals surface area contributed by atoms with Gasteiger partial charge in [0.2, 0.25) is 0 Å². The van der Waals surface area contributed by atoms with Crippen LogP contribution in [-0.2, 0) is 0 Å². The van der Waals surface area contributed by atoms with Crippen molar-refractivity contribution >= 4 is 5.78 Å². The molecule has 62 valence electrons. The van der Waals surface area contributed by atoms with Crippen LogP contribution in [0.15, 0.2) is 24.9 Å². The molecular formula is C7H4N6. The predicted octanol–water partition coefficient (Wildman–Crippen LogP) is 0.0191. The molecule has 0 atom stereocenters. The van der Waals surface area contributed by atoms with Gasteiger partial charge in [0.15, 0.2) is 5.82 Å². The monoisotopic (exact) mass is 172 g/mol. The van der Waals surface area contributed by atoms with E-state index in [1.165, 1.54) is 6.33 Å². The van der Waals surface area contributed by atoms with E-state index >= 15 is 0 Å². The van der Waals surface area contributed by atoms with Gasteiger partial charge in [-0.3, -0.25) is 0 Å². The van der Waals surface area contributed by atoms with Crippen molar-refractivity contribution < 1.29 is 0 Å². The highest BCUT2D eigenvalue weighted by molar-refractivity contribution is 5.52. The fourth-order valence-electron chi connectivity index (χ4n) is 1.14. The minimum absolute atomic E-state index is 0.524. The second kappa shape index (κ2) is 2.19. The Bertz CT molecular complexity index is 483. The van der Waals surface area contributed by atoms with E-state index in [0.29, 0.717) is 11.6 Å². The maximum absolute atomic E-state index is 4.15. The minimum atomic E-state index is 0.524. The van der Waals surface area contributed by atoms with Gasteiger partial charge in [-0.25, -0.2) is 19.5 Å². The molecule has 0 saturated heterocycles. The van der Waals surface area contributed by atoms with Gasteiger partial charge in [0, 0.05) is 0 Å². The molecule has 0 bridgehead atoms. The highest BCUT2D eigenvalue weighted by Crippen LogP contribution is 2.12. The third-order valence-corrected chi connectivity index (χ3v) is 1.71. The van der Waals surface area contributed by atoms with Crippen molar-refractivity contribution in [3.8, 4) is 11.5 Å². The summed E-state index contributed by atoms with van der Waals surface area (Å²) in [6, 6.07) is 0. The lowest BCUT2D eigenvalue weighted by molar-refractivity contribution is 0.864. The molecule has 1 aromatic rings. The molecule has 2 aliphatic rings. The standard InChI is InChI=1S/C7H4N6/c1-2-11-13-3-5-6(10-4-9-5)12-7(13)8-1/h1-4H. The van der Waals surface area contributed by atoms with Gasteiger partial charge in [0.25, 0.3) is 5.78 Å². The summed E-state index contributed by atoms with van der Waals surface area (Å²) in [6.45, 7) is 0. The first kappa shape index (κ1) is 6.41. The zero-order valence-corrected chi connectivity index (χ0v) is 6.49. The lowest BCUT2D eigenvalue weighted by atomic mass is 10.4. The van der Waals surface area contributed by atoms with Gasteiger partial charge in [-0.05, 0) is 0 Å². The molecule has 0 fully saturated rings. The van der Waals surface area contributed by atoms with Crippen LogP contribution >= 0.6 is 0 Å². The minimum Gasteiger partial charge on any atom is -0.231 e. The van der Waals surface area contributed by atoms with E-state index in [-0.39, 0.29) is 0 Å². The molecule has 0 spiro atoms. The van der Waals surface area contributed by atoms with E-state index in [1.54, 1.807) is 23.1 Å². The van der Waals surface area contributed by atoms with Gasteiger partial charge < -0.3 is 0 Å². The molecule has 0 saturated carbocycles. The van der Waals surface area contributed by atoms with Crippen LogP contribution in [0.3, 0.4) is 0 Å². The SMILES string of the molecule is c1nc2cn3nccnc3nc-2n1. The van der Waals surface area contributed by atoms with Crippen molar-refractivity contribution in [2.45, 2.75) is 0 Å². The summed E-state index contributed by atoms with van der Waals surface area (Å²) in [4.78, 5) is 16.2. The van der Waals surface area contributed by atoms with Crippen LogP contribution in [0.4, 0.5) is 0 Å². The first-order valence-electron chi connectivity index (χ1n) is 3.70. The molecule has 0 unspecified atom stereocenters. The molecule has 0 aliphatic carbocycles. The molecule has 2 aliphatic heterocycles. The maximum Gasteiger partial charge on any atom is 0.252 e. The summed E-state index contributed by atoms with van der Waals surface area (Å²) in [6.07, 6.45) is 6.40. The first-order chi connectivity index (χ1) is 6.43. The molecule has 1 aromatic heterocycles. The Morgan fingerprint density at radius 1 is 1.08 bits per heavy atom. The number of hydrogen-bond donors (Lipinski definition) is 0. The van der Waals surface area contributed by atoms with Crippen molar-refractivity contribution in [1.29, 1.82) is 0 Å². The van der Waals surface area contributed by atoms with Gasteiger partial charge in [-0.1, -0.05) is 0 Å².